The van der Waals surface area contributed by atoms with E-state index in [0.717, 1.165) is 29.7 Å². The summed E-state index contributed by atoms with van der Waals surface area (Å²) in [6.45, 7) is 9.01. The lowest BCUT2D eigenvalue weighted by Crippen LogP contribution is -2.24. The minimum absolute atomic E-state index is 0.00731. The number of aryl methyl sites for hydroxylation is 3. The molecule has 1 nitrogen and oxygen atoms in total. The number of nitrogens with one attached hydrogen (secondary N) is 1. The zero-order chi connectivity index (χ0) is 16.0. The molecule has 1 aromatic carbocycles. The summed E-state index contributed by atoms with van der Waals surface area (Å²) in [6, 6.07) is 4.22. The Hall–Kier alpha value is -1.03. The molecule has 0 aromatic heterocycles. The number of halogens is 3. The molecular formula is C17H26F3N. The maximum absolute atomic E-state index is 12.4. The van der Waals surface area contributed by atoms with Crippen molar-refractivity contribution in [1.82, 2.24) is 5.32 Å². The molecule has 0 saturated carbocycles. The van der Waals surface area contributed by atoms with E-state index < -0.39 is 12.6 Å². The fraction of sp³-hybridized carbons (Fsp3) is 0.647. The van der Waals surface area contributed by atoms with E-state index in [1.165, 1.54) is 5.56 Å². The maximum atomic E-state index is 12.4. The highest BCUT2D eigenvalue weighted by atomic mass is 19.4. The number of rotatable bonds is 7. The molecule has 0 radical (unpaired) electrons. The third-order valence-corrected chi connectivity index (χ3v) is 3.68. The van der Waals surface area contributed by atoms with Gasteiger partial charge in [-0.3, -0.25) is 0 Å². The number of hydrogen-bond donors (Lipinski definition) is 1. The second-order valence-corrected chi connectivity index (χ2v) is 5.83. The topological polar surface area (TPSA) is 12.0 Å². The van der Waals surface area contributed by atoms with Crippen LogP contribution in [0.5, 0.6) is 0 Å². The van der Waals surface area contributed by atoms with Gasteiger partial charge in [0.15, 0.2) is 0 Å². The minimum atomic E-state index is -4.06. The Morgan fingerprint density at radius 3 is 2.14 bits per heavy atom. The smallest absolute Gasteiger partial charge is 0.310 e. The highest BCUT2D eigenvalue weighted by Crippen LogP contribution is 2.30. The molecular weight excluding hydrogens is 275 g/mol. The molecule has 0 aliphatic heterocycles. The molecule has 4 heteroatoms. The summed E-state index contributed by atoms with van der Waals surface area (Å²) in [5.74, 6) is 0. The highest BCUT2D eigenvalue weighted by molar-refractivity contribution is 5.39. The van der Waals surface area contributed by atoms with Crippen molar-refractivity contribution in [2.75, 3.05) is 6.54 Å². The van der Waals surface area contributed by atoms with Crippen LogP contribution in [0.4, 0.5) is 13.2 Å². The Balaban J connectivity index is 2.87. The molecule has 0 fully saturated rings. The van der Waals surface area contributed by atoms with Crippen molar-refractivity contribution < 1.29 is 13.2 Å². The quantitative estimate of drug-likeness (QED) is 0.712. The van der Waals surface area contributed by atoms with Crippen LogP contribution in [0.1, 0.15) is 60.9 Å². The third-order valence-electron chi connectivity index (χ3n) is 3.68. The fourth-order valence-corrected chi connectivity index (χ4v) is 2.91. The van der Waals surface area contributed by atoms with Crippen molar-refractivity contribution >= 4 is 0 Å². The van der Waals surface area contributed by atoms with Gasteiger partial charge in [-0.05, 0) is 63.3 Å². The summed E-state index contributed by atoms with van der Waals surface area (Å²) in [7, 11) is 0. The van der Waals surface area contributed by atoms with E-state index in [1.54, 1.807) is 0 Å². The number of benzene rings is 1. The second-order valence-electron chi connectivity index (χ2n) is 5.83. The summed E-state index contributed by atoms with van der Waals surface area (Å²) in [5, 5.41) is 3.41. The van der Waals surface area contributed by atoms with Gasteiger partial charge in [-0.2, -0.15) is 13.2 Å². The normalized spacial score (nSPS) is 13.5. The summed E-state index contributed by atoms with van der Waals surface area (Å²) in [6.07, 6.45) is -3.12. The Labute approximate surface area is 125 Å². The van der Waals surface area contributed by atoms with Gasteiger partial charge in [0.2, 0.25) is 0 Å². The first-order valence-corrected chi connectivity index (χ1v) is 7.62. The summed E-state index contributed by atoms with van der Waals surface area (Å²) >= 11 is 0. The first-order valence-electron chi connectivity index (χ1n) is 7.62. The van der Waals surface area contributed by atoms with Crippen LogP contribution < -0.4 is 5.32 Å². The van der Waals surface area contributed by atoms with E-state index in [0.29, 0.717) is 6.42 Å². The van der Waals surface area contributed by atoms with Crippen LogP contribution in [0, 0.1) is 20.8 Å². The van der Waals surface area contributed by atoms with Crippen LogP contribution in [0.15, 0.2) is 12.1 Å². The van der Waals surface area contributed by atoms with Gasteiger partial charge >= 0.3 is 6.18 Å². The maximum Gasteiger partial charge on any atom is 0.389 e. The van der Waals surface area contributed by atoms with Gasteiger partial charge in [0.25, 0.3) is 0 Å². The highest BCUT2D eigenvalue weighted by Gasteiger charge is 2.27. The Morgan fingerprint density at radius 2 is 1.67 bits per heavy atom. The van der Waals surface area contributed by atoms with Crippen molar-refractivity contribution in [3.05, 3.63) is 34.4 Å². The van der Waals surface area contributed by atoms with E-state index in [-0.39, 0.29) is 12.5 Å². The third kappa shape index (κ3) is 6.08. The van der Waals surface area contributed by atoms with Crippen LogP contribution >= 0.6 is 0 Å². The lowest BCUT2D eigenvalue weighted by Gasteiger charge is -2.24. The molecule has 1 N–H and O–H groups in total. The zero-order valence-electron chi connectivity index (χ0n) is 13.4. The van der Waals surface area contributed by atoms with E-state index in [1.807, 2.05) is 20.8 Å². The average Bonchev–Trinajstić information content (AvgIpc) is 2.32. The van der Waals surface area contributed by atoms with Gasteiger partial charge in [-0.25, -0.2) is 0 Å². The van der Waals surface area contributed by atoms with E-state index in [2.05, 4.69) is 24.4 Å². The van der Waals surface area contributed by atoms with Crippen LogP contribution in [0.2, 0.25) is 0 Å². The molecule has 0 amide bonds. The summed E-state index contributed by atoms with van der Waals surface area (Å²) < 4.78 is 37.1. The molecule has 0 heterocycles. The van der Waals surface area contributed by atoms with Gasteiger partial charge in [0.1, 0.15) is 0 Å². The van der Waals surface area contributed by atoms with E-state index in [9.17, 15) is 13.2 Å². The van der Waals surface area contributed by atoms with Crippen LogP contribution in [0.25, 0.3) is 0 Å². The molecule has 0 aliphatic carbocycles. The van der Waals surface area contributed by atoms with Crippen molar-refractivity contribution in [2.24, 2.45) is 0 Å². The largest absolute Gasteiger partial charge is 0.389 e. The molecule has 1 atom stereocenters. The minimum Gasteiger partial charge on any atom is -0.310 e. The van der Waals surface area contributed by atoms with E-state index in [4.69, 9.17) is 0 Å². The molecule has 1 rings (SSSR count). The lowest BCUT2D eigenvalue weighted by atomic mass is 9.91. The molecule has 0 spiro atoms. The zero-order valence-corrected chi connectivity index (χ0v) is 13.4. The van der Waals surface area contributed by atoms with Crippen molar-refractivity contribution in [1.29, 1.82) is 0 Å². The van der Waals surface area contributed by atoms with Crippen molar-refractivity contribution in [3.63, 3.8) is 0 Å². The Morgan fingerprint density at radius 1 is 1.10 bits per heavy atom. The standard InChI is InChI=1S/C17H26F3N/c1-5-9-21-15(7-6-8-17(18,19)20)16-13(3)10-12(2)11-14(16)4/h10-11,15,21H,5-9H2,1-4H3. The SMILES string of the molecule is CCCNC(CCCC(F)(F)F)c1c(C)cc(C)cc1C. The fourth-order valence-electron chi connectivity index (χ4n) is 2.91. The van der Waals surface area contributed by atoms with Crippen LogP contribution in [-0.4, -0.2) is 12.7 Å². The van der Waals surface area contributed by atoms with Crippen molar-refractivity contribution in [3.8, 4) is 0 Å². The number of alkyl halides is 3. The molecule has 0 bridgehead atoms. The van der Waals surface area contributed by atoms with Crippen LogP contribution in [0.3, 0.4) is 0 Å². The Kier molecular flexibility index (Phi) is 6.72. The Bertz CT molecular complexity index is 429. The monoisotopic (exact) mass is 301 g/mol. The molecule has 120 valence electrons. The molecule has 0 aliphatic rings. The van der Waals surface area contributed by atoms with Crippen molar-refractivity contribution in [2.45, 2.75) is 65.6 Å². The first kappa shape index (κ1) is 18.0. The summed E-state index contributed by atoms with van der Waals surface area (Å²) in [4.78, 5) is 0. The van der Waals surface area contributed by atoms with Gasteiger partial charge in [0, 0.05) is 12.5 Å². The first-order chi connectivity index (χ1) is 9.74. The average molecular weight is 301 g/mol. The molecule has 21 heavy (non-hydrogen) atoms. The predicted octanol–water partition coefficient (Wildman–Crippen LogP) is 5.39. The number of hydrogen-bond acceptors (Lipinski definition) is 1. The molecule has 0 saturated heterocycles. The van der Waals surface area contributed by atoms with E-state index >= 15 is 0 Å². The molecule has 1 aromatic rings. The lowest BCUT2D eigenvalue weighted by molar-refractivity contribution is -0.135. The molecule has 1 unspecified atom stereocenters. The second kappa shape index (κ2) is 7.83. The van der Waals surface area contributed by atoms with Gasteiger partial charge < -0.3 is 5.32 Å². The van der Waals surface area contributed by atoms with Gasteiger partial charge in [-0.1, -0.05) is 24.6 Å². The van der Waals surface area contributed by atoms with Gasteiger partial charge in [0.05, 0.1) is 0 Å². The summed E-state index contributed by atoms with van der Waals surface area (Å²) in [5.41, 5.74) is 4.68. The van der Waals surface area contributed by atoms with Crippen LogP contribution in [-0.2, 0) is 0 Å². The van der Waals surface area contributed by atoms with Gasteiger partial charge in [-0.15, -0.1) is 0 Å². The predicted molar refractivity (Wildman–Crippen MR) is 81.6 cm³/mol.